The monoisotopic (exact) mass is 223 g/mol. The molecule has 0 saturated heterocycles. The molecule has 1 amide bonds. The van der Waals surface area contributed by atoms with E-state index in [9.17, 15) is 4.79 Å². The van der Waals surface area contributed by atoms with Crippen molar-refractivity contribution in [2.24, 2.45) is 0 Å². The van der Waals surface area contributed by atoms with Gasteiger partial charge < -0.3 is 14.8 Å². The van der Waals surface area contributed by atoms with Crippen LogP contribution in [-0.2, 0) is 9.53 Å². The van der Waals surface area contributed by atoms with Crippen molar-refractivity contribution >= 4 is 11.6 Å². The molecule has 0 saturated carbocycles. The van der Waals surface area contributed by atoms with E-state index in [1.54, 1.807) is 0 Å². The van der Waals surface area contributed by atoms with Crippen LogP contribution in [0, 0.1) is 0 Å². The molecule has 0 aliphatic carbocycles. The van der Waals surface area contributed by atoms with Gasteiger partial charge in [-0.15, -0.1) is 0 Å². The summed E-state index contributed by atoms with van der Waals surface area (Å²) in [6.07, 6.45) is 1.22. The molecule has 0 fully saturated rings. The smallest absolute Gasteiger partial charge is 0.224 e. The highest BCUT2D eigenvalue weighted by Gasteiger charge is 2.08. The summed E-state index contributed by atoms with van der Waals surface area (Å²) in [6, 6.07) is 7.43. The minimum atomic E-state index is 0. The molecular formula is C12H17NO3. The van der Waals surface area contributed by atoms with Gasteiger partial charge in [0.05, 0.1) is 12.3 Å². The van der Waals surface area contributed by atoms with Crippen LogP contribution in [-0.4, -0.2) is 25.7 Å². The molecular weight excluding hydrogens is 206 g/mol. The lowest BCUT2D eigenvalue weighted by Crippen LogP contribution is -2.12. The molecule has 2 rings (SSSR count). The minimum absolute atomic E-state index is 0. The Morgan fingerprint density at radius 2 is 2.06 bits per heavy atom. The van der Waals surface area contributed by atoms with E-state index >= 15 is 0 Å². The Labute approximate surface area is 96.0 Å². The number of hydrogen-bond acceptors (Lipinski definition) is 3. The van der Waals surface area contributed by atoms with Gasteiger partial charge in [0.25, 0.3) is 0 Å². The molecule has 0 spiro atoms. The van der Waals surface area contributed by atoms with Crippen LogP contribution in [0.2, 0.25) is 0 Å². The van der Waals surface area contributed by atoms with Gasteiger partial charge in [-0.05, 0) is 18.6 Å². The van der Waals surface area contributed by atoms with Crippen LogP contribution < -0.4 is 10.1 Å². The maximum atomic E-state index is 11.6. The van der Waals surface area contributed by atoms with E-state index in [1.165, 1.54) is 0 Å². The molecule has 4 heteroatoms. The quantitative estimate of drug-likeness (QED) is 0.732. The van der Waals surface area contributed by atoms with E-state index in [4.69, 9.17) is 9.47 Å². The van der Waals surface area contributed by atoms with Crippen molar-refractivity contribution in [2.45, 2.75) is 12.8 Å². The minimum Gasteiger partial charge on any atom is -0.489 e. The van der Waals surface area contributed by atoms with Crippen LogP contribution in [0.5, 0.6) is 5.75 Å². The van der Waals surface area contributed by atoms with Crippen molar-refractivity contribution in [3.05, 3.63) is 24.3 Å². The number of rotatable bonds is 0. The van der Waals surface area contributed by atoms with E-state index in [-0.39, 0.29) is 7.33 Å². The summed E-state index contributed by atoms with van der Waals surface area (Å²) in [6.45, 7) is 1.67. The fourth-order valence-electron chi connectivity index (χ4n) is 1.56. The van der Waals surface area contributed by atoms with Gasteiger partial charge in [0.1, 0.15) is 12.4 Å². The van der Waals surface area contributed by atoms with E-state index in [2.05, 4.69) is 5.32 Å². The van der Waals surface area contributed by atoms with Gasteiger partial charge in [-0.1, -0.05) is 12.1 Å². The maximum absolute atomic E-state index is 11.6. The third-order valence-electron chi connectivity index (χ3n) is 2.34. The second-order valence-corrected chi connectivity index (χ2v) is 3.61. The first-order valence-electron chi connectivity index (χ1n) is 5.46. The van der Waals surface area contributed by atoms with Crippen LogP contribution in [0.3, 0.4) is 0 Å². The van der Waals surface area contributed by atoms with Crippen molar-refractivity contribution in [2.75, 3.05) is 25.1 Å². The molecule has 16 heavy (non-hydrogen) atoms. The fourth-order valence-corrected chi connectivity index (χ4v) is 1.56. The molecule has 0 aromatic heterocycles. The zero-order valence-corrected chi connectivity index (χ0v) is 9.07. The van der Waals surface area contributed by atoms with Crippen molar-refractivity contribution in [3.8, 4) is 5.75 Å². The number of anilines is 1. The van der Waals surface area contributed by atoms with E-state index in [0.717, 1.165) is 12.1 Å². The topological polar surface area (TPSA) is 47.6 Å². The predicted octanol–water partition coefficient (Wildman–Crippen LogP) is 2.06. The molecule has 0 radical (unpaired) electrons. The average molecular weight is 223 g/mol. The third kappa shape index (κ3) is 2.97. The molecule has 1 heterocycles. The lowest BCUT2D eigenvalue weighted by molar-refractivity contribution is -0.116. The lowest BCUT2D eigenvalue weighted by Gasteiger charge is -2.10. The molecule has 0 unspecified atom stereocenters. The largest absolute Gasteiger partial charge is 0.489 e. The number of para-hydroxylation sites is 2. The standard InChI is InChI=1S/C12H15NO3.H2/c14-12-6-3-7-15-8-9-16-11-5-2-1-4-10(11)13-12;/h1-2,4-5H,3,6-9H2,(H,13,14);1H. The van der Waals surface area contributed by atoms with Crippen molar-refractivity contribution < 1.29 is 15.7 Å². The number of hydrogen-bond donors (Lipinski definition) is 1. The number of carbonyl (C=O) groups excluding carboxylic acids is 1. The molecule has 1 aromatic rings. The summed E-state index contributed by atoms with van der Waals surface area (Å²) in [5.74, 6) is 0.697. The van der Waals surface area contributed by atoms with E-state index in [0.29, 0.717) is 32.0 Å². The van der Waals surface area contributed by atoms with Crippen LogP contribution >= 0.6 is 0 Å². The number of carbonyl (C=O) groups is 1. The van der Waals surface area contributed by atoms with Crippen LogP contribution in [0.25, 0.3) is 0 Å². The second kappa shape index (κ2) is 5.51. The molecule has 88 valence electrons. The highest BCUT2D eigenvalue weighted by atomic mass is 16.5. The Balaban J connectivity index is 0.00000144. The lowest BCUT2D eigenvalue weighted by atomic mass is 10.2. The van der Waals surface area contributed by atoms with Gasteiger partial charge in [0.15, 0.2) is 0 Å². The van der Waals surface area contributed by atoms with Gasteiger partial charge >= 0.3 is 0 Å². The fraction of sp³-hybridized carbons (Fsp3) is 0.417. The number of ether oxygens (including phenoxy) is 2. The van der Waals surface area contributed by atoms with Crippen LogP contribution in [0.1, 0.15) is 14.3 Å². The first-order valence-corrected chi connectivity index (χ1v) is 5.46. The molecule has 1 aliphatic heterocycles. The zero-order valence-electron chi connectivity index (χ0n) is 9.07. The van der Waals surface area contributed by atoms with Crippen LogP contribution in [0.4, 0.5) is 5.69 Å². The summed E-state index contributed by atoms with van der Waals surface area (Å²) >= 11 is 0. The summed E-state index contributed by atoms with van der Waals surface area (Å²) in [7, 11) is 0. The molecule has 1 N–H and O–H groups in total. The first-order chi connectivity index (χ1) is 7.86. The Bertz CT molecular complexity index is 371. The molecule has 0 bridgehead atoms. The van der Waals surface area contributed by atoms with Gasteiger partial charge in [-0.2, -0.15) is 0 Å². The maximum Gasteiger partial charge on any atom is 0.224 e. The SMILES string of the molecule is O=C1CCCOCCOc2ccccc2N1.[HH]. The van der Waals surface area contributed by atoms with Crippen molar-refractivity contribution in [1.82, 2.24) is 0 Å². The van der Waals surface area contributed by atoms with E-state index < -0.39 is 0 Å². The summed E-state index contributed by atoms with van der Waals surface area (Å²) in [4.78, 5) is 11.6. The number of benzene rings is 1. The summed E-state index contributed by atoms with van der Waals surface area (Å²) < 4.78 is 10.9. The Morgan fingerprint density at radius 1 is 1.19 bits per heavy atom. The Hall–Kier alpha value is -1.55. The summed E-state index contributed by atoms with van der Waals surface area (Å²) in [5.41, 5.74) is 0.731. The van der Waals surface area contributed by atoms with E-state index in [1.807, 2.05) is 24.3 Å². The average Bonchev–Trinajstić information content (AvgIpc) is 2.33. The highest BCUT2D eigenvalue weighted by Crippen LogP contribution is 2.24. The first kappa shape index (κ1) is 11.0. The third-order valence-corrected chi connectivity index (χ3v) is 2.34. The second-order valence-electron chi connectivity index (χ2n) is 3.61. The molecule has 4 nitrogen and oxygen atoms in total. The zero-order chi connectivity index (χ0) is 11.2. The van der Waals surface area contributed by atoms with Crippen LogP contribution in [0.15, 0.2) is 24.3 Å². The molecule has 1 aliphatic rings. The predicted molar refractivity (Wildman–Crippen MR) is 62.7 cm³/mol. The van der Waals surface area contributed by atoms with Crippen molar-refractivity contribution in [1.29, 1.82) is 0 Å². The number of amides is 1. The van der Waals surface area contributed by atoms with Gasteiger partial charge in [0.2, 0.25) is 5.91 Å². The number of nitrogens with one attached hydrogen (secondary N) is 1. The van der Waals surface area contributed by atoms with Crippen molar-refractivity contribution in [3.63, 3.8) is 0 Å². The normalized spacial score (nSPS) is 17.6. The van der Waals surface area contributed by atoms with Gasteiger partial charge in [-0.3, -0.25) is 4.79 Å². The summed E-state index contributed by atoms with van der Waals surface area (Å²) in [5, 5.41) is 2.84. The highest BCUT2D eigenvalue weighted by molar-refractivity contribution is 5.92. The molecule has 0 atom stereocenters. The molecule has 1 aromatic carbocycles. The Kier molecular flexibility index (Phi) is 3.77. The Morgan fingerprint density at radius 3 is 3.00 bits per heavy atom. The van der Waals surface area contributed by atoms with Gasteiger partial charge in [0, 0.05) is 14.5 Å². The number of fused-ring (bicyclic) bond motifs is 1. The van der Waals surface area contributed by atoms with Gasteiger partial charge in [-0.25, -0.2) is 0 Å².